The molecule has 2 aromatic carbocycles. The fourth-order valence-corrected chi connectivity index (χ4v) is 2.79. The average Bonchev–Trinajstić information content (AvgIpc) is 2.63. The minimum absolute atomic E-state index is 0.805. The van der Waals surface area contributed by atoms with Crippen LogP contribution in [0.5, 0.6) is 0 Å². The van der Waals surface area contributed by atoms with Gasteiger partial charge < -0.3 is 4.42 Å². The van der Waals surface area contributed by atoms with E-state index < -0.39 is 0 Å². The van der Waals surface area contributed by atoms with Crippen molar-refractivity contribution in [3.05, 3.63) is 89.5 Å². The monoisotopic (exact) mass is 326 g/mol. The van der Waals surface area contributed by atoms with Crippen LogP contribution in [0, 0.1) is 13.8 Å². The minimum Gasteiger partial charge on any atom is -0.456 e. The number of hydrogen-bond donors (Lipinski definition) is 0. The molecule has 0 amide bonds. The van der Waals surface area contributed by atoms with E-state index in [0.29, 0.717) is 0 Å². The third kappa shape index (κ3) is 3.22. The summed E-state index contributed by atoms with van der Waals surface area (Å²) >= 11 is 0. The van der Waals surface area contributed by atoms with Crippen molar-refractivity contribution in [3.8, 4) is 11.3 Å². The van der Waals surface area contributed by atoms with Crippen LogP contribution in [0.25, 0.3) is 22.3 Å². The predicted molar refractivity (Wildman–Crippen MR) is 101 cm³/mol. The molecule has 25 heavy (non-hydrogen) atoms. The molecule has 2 heterocycles. The highest BCUT2D eigenvalue weighted by Gasteiger charge is 2.06. The van der Waals surface area contributed by atoms with Gasteiger partial charge in [0, 0.05) is 23.2 Å². The third-order valence-corrected chi connectivity index (χ3v) is 4.13. The summed E-state index contributed by atoms with van der Waals surface area (Å²) in [6.45, 7) is 4.15. The zero-order chi connectivity index (χ0) is 17.2. The molecule has 4 aromatic rings. The SMILES string of the molecule is Cc1ccc(-c2cc(=Nc3cccnc3)c3cc(C)ccc3o2)cc1. The second kappa shape index (κ2) is 6.36. The van der Waals surface area contributed by atoms with Gasteiger partial charge in [0.2, 0.25) is 0 Å². The molecule has 3 nitrogen and oxygen atoms in total. The van der Waals surface area contributed by atoms with Gasteiger partial charge in [0.05, 0.1) is 17.2 Å². The Balaban J connectivity index is 2.00. The first-order valence-electron chi connectivity index (χ1n) is 8.25. The van der Waals surface area contributed by atoms with Crippen LogP contribution in [-0.2, 0) is 0 Å². The highest BCUT2D eigenvalue weighted by atomic mass is 16.3. The van der Waals surface area contributed by atoms with E-state index in [1.54, 1.807) is 12.4 Å². The smallest absolute Gasteiger partial charge is 0.136 e. The zero-order valence-corrected chi connectivity index (χ0v) is 14.2. The summed E-state index contributed by atoms with van der Waals surface area (Å²) in [5.74, 6) is 0.805. The molecule has 0 fully saturated rings. The second-order valence-electron chi connectivity index (χ2n) is 6.18. The molecule has 0 aliphatic heterocycles. The van der Waals surface area contributed by atoms with E-state index in [1.807, 2.05) is 24.3 Å². The van der Waals surface area contributed by atoms with Gasteiger partial charge in [0.25, 0.3) is 0 Å². The van der Waals surface area contributed by atoms with E-state index in [9.17, 15) is 0 Å². The molecule has 0 aliphatic rings. The number of aryl methyl sites for hydroxylation is 2. The van der Waals surface area contributed by atoms with Gasteiger partial charge in [-0.15, -0.1) is 0 Å². The van der Waals surface area contributed by atoms with Gasteiger partial charge in [0.1, 0.15) is 11.3 Å². The van der Waals surface area contributed by atoms with Crippen LogP contribution in [0.3, 0.4) is 0 Å². The maximum Gasteiger partial charge on any atom is 0.136 e. The number of pyridine rings is 1. The Kier molecular flexibility index (Phi) is 3.90. The van der Waals surface area contributed by atoms with Gasteiger partial charge in [-0.1, -0.05) is 41.5 Å². The number of benzene rings is 2. The quantitative estimate of drug-likeness (QED) is 0.498. The lowest BCUT2D eigenvalue weighted by molar-refractivity contribution is 0.618. The van der Waals surface area contributed by atoms with Crippen LogP contribution in [0.4, 0.5) is 5.69 Å². The van der Waals surface area contributed by atoms with E-state index in [0.717, 1.165) is 33.3 Å². The molecule has 0 saturated carbocycles. The Labute approximate surface area is 146 Å². The first-order chi connectivity index (χ1) is 12.2. The largest absolute Gasteiger partial charge is 0.456 e. The predicted octanol–water partition coefficient (Wildman–Crippen LogP) is 5.34. The first-order valence-corrected chi connectivity index (χ1v) is 8.25. The Morgan fingerprint density at radius 2 is 1.68 bits per heavy atom. The number of rotatable bonds is 2. The lowest BCUT2D eigenvalue weighted by Crippen LogP contribution is -2.03. The topological polar surface area (TPSA) is 38.4 Å². The third-order valence-electron chi connectivity index (χ3n) is 4.13. The van der Waals surface area contributed by atoms with Crippen LogP contribution < -0.4 is 5.36 Å². The summed E-state index contributed by atoms with van der Waals surface area (Å²) in [5, 5.41) is 1.88. The molecular formula is C22H18N2O. The maximum atomic E-state index is 6.15. The maximum absolute atomic E-state index is 6.15. The first kappa shape index (κ1) is 15.3. The van der Waals surface area contributed by atoms with Gasteiger partial charge in [-0.3, -0.25) is 4.98 Å². The lowest BCUT2D eigenvalue weighted by Gasteiger charge is -2.06. The van der Waals surface area contributed by atoms with Crippen LogP contribution >= 0.6 is 0 Å². The van der Waals surface area contributed by atoms with E-state index in [2.05, 4.69) is 55.2 Å². The number of aromatic nitrogens is 1. The van der Waals surface area contributed by atoms with Crippen molar-refractivity contribution in [1.29, 1.82) is 0 Å². The molecule has 0 spiro atoms. The van der Waals surface area contributed by atoms with Crippen molar-refractivity contribution in [2.75, 3.05) is 0 Å². The second-order valence-corrected chi connectivity index (χ2v) is 6.18. The van der Waals surface area contributed by atoms with Gasteiger partial charge in [-0.05, 0) is 38.1 Å². The average molecular weight is 326 g/mol. The van der Waals surface area contributed by atoms with Crippen LogP contribution in [0.2, 0.25) is 0 Å². The van der Waals surface area contributed by atoms with Gasteiger partial charge >= 0.3 is 0 Å². The molecule has 0 bridgehead atoms. The van der Waals surface area contributed by atoms with Crippen LogP contribution in [0.1, 0.15) is 11.1 Å². The normalized spacial score (nSPS) is 11.8. The van der Waals surface area contributed by atoms with Crippen molar-refractivity contribution >= 4 is 16.7 Å². The number of nitrogens with zero attached hydrogens (tertiary/aromatic N) is 2. The van der Waals surface area contributed by atoms with Crippen molar-refractivity contribution < 1.29 is 4.42 Å². The van der Waals surface area contributed by atoms with E-state index in [-0.39, 0.29) is 0 Å². The minimum atomic E-state index is 0.805. The fraction of sp³-hybridized carbons (Fsp3) is 0.0909. The molecule has 0 unspecified atom stereocenters. The molecule has 0 radical (unpaired) electrons. The molecule has 3 heteroatoms. The molecule has 0 saturated heterocycles. The molecule has 4 rings (SSSR count). The standard InChI is InChI=1S/C22H18N2O/c1-15-5-8-17(9-6-15)22-13-20(24-18-4-3-11-23-14-18)19-12-16(2)7-10-21(19)25-22/h3-14H,1-2H3. The summed E-state index contributed by atoms with van der Waals surface area (Å²) in [5.41, 5.74) is 5.09. The Morgan fingerprint density at radius 1 is 0.880 bits per heavy atom. The highest BCUT2D eigenvalue weighted by Crippen LogP contribution is 2.23. The van der Waals surface area contributed by atoms with Crippen molar-refractivity contribution in [1.82, 2.24) is 4.98 Å². The summed E-state index contributed by atoms with van der Waals surface area (Å²) in [6, 6.07) is 20.3. The van der Waals surface area contributed by atoms with E-state index in [4.69, 9.17) is 9.41 Å². The zero-order valence-electron chi connectivity index (χ0n) is 14.2. The van der Waals surface area contributed by atoms with Gasteiger partial charge in [-0.25, -0.2) is 4.99 Å². The van der Waals surface area contributed by atoms with Crippen molar-refractivity contribution in [2.45, 2.75) is 13.8 Å². The highest BCUT2D eigenvalue weighted by molar-refractivity contribution is 5.79. The summed E-state index contributed by atoms with van der Waals surface area (Å²) in [7, 11) is 0. The molecule has 0 aliphatic carbocycles. The Morgan fingerprint density at radius 3 is 2.44 bits per heavy atom. The van der Waals surface area contributed by atoms with Crippen LogP contribution in [-0.4, -0.2) is 4.98 Å². The summed E-state index contributed by atoms with van der Waals surface area (Å²) in [6.07, 6.45) is 3.51. The number of hydrogen-bond acceptors (Lipinski definition) is 3. The molecule has 2 aromatic heterocycles. The van der Waals surface area contributed by atoms with Crippen LogP contribution in [0.15, 0.2) is 82.5 Å². The van der Waals surface area contributed by atoms with Crippen molar-refractivity contribution in [2.24, 2.45) is 4.99 Å². The summed E-state index contributed by atoms with van der Waals surface area (Å²) < 4.78 is 6.15. The lowest BCUT2D eigenvalue weighted by atomic mass is 10.1. The molecular weight excluding hydrogens is 308 g/mol. The fourth-order valence-electron chi connectivity index (χ4n) is 2.79. The van der Waals surface area contributed by atoms with E-state index >= 15 is 0 Å². The van der Waals surface area contributed by atoms with Crippen molar-refractivity contribution in [3.63, 3.8) is 0 Å². The molecule has 0 atom stereocenters. The number of fused-ring (bicyclic) bond motifs is 1. The molecule has 122 valence electrons. The van der Waals surface area contributed by atoms with E-state index in [1.165, 1.54) is 11.1 Å². The molecule has 0 N–H and O–H groups in total. The Bertz CT molecular complexity index is 1090. The summed E-state index contributed by atoms with van der Waals surface area (Å²) in [4.78, 5) is 8.94. The van der Waals surface area contributed by atoms with Gasteiger partial charge in [0.15, 0.2) is 0 Å². The van der Waals surface area contributed by atoms with Gasteiger partial charge in [-0.2, -0.15) is 0 Å². The Hall–Kier alpha value is -3.20.